The number of rotatable bonds is 2. The second-order valence-corrected chi connectivity index (χ2v) is 7.65. The number of benzene rings is 1. The van der Waals surface area contributed by atoms with Crippen molar-refractivity contribution in [1.82, 2.24) is 4.90 Å². The fourth-order valence-electron chi connectivity index (χ4n) is 3.57. The molecule has 0 aliphatic carbocycles. The van der Waals surface area contributed by atoms with Crippen molar-refractivity contribution >= 4 is 11.9 Å². The highest BCUT2D eigenvalue weighted by molar-refractivity contribution is 6.07. The van der Waals surface area contributed by atoms with E-state index in [-0.39, 0.29) is 11.9 Å². The van der Waals surface area contributed by atoms with Crippen molar-refractivity contribution in [3.8, 4) is 5.75 Å². The first-order chi connectivity index (χ1) is 10.7. The highest BCUT2D eigenvalue weighted by Gasteiger charge is 2.61. The lowest BCUT2D eigenvalue weighted by Crippen LogP contribution is -2.53. The summed E-state index contributed by atoms with van der Waals surface area (Å²) in [6, 6.07) is 6.10. The molecule has 1 unspecified atom stereocenters. The maximum absolute atomic E-state index is 13.1. The summed E-state index contributed by atoms with van der Waals surface area (Å²) in [7, 11) is 1.68. The molecule has 1 aromatic rings. The molecule has 0 aromatic heterocycles. The van der Waals surface area contributed by atoms with Gasteiger partial charge in [-0.25, -0.2) is 4.99 Å². The fourth-order valence-corrected chi connectivity index (χ4v) is 3.57. The minimum absolute atomic E-state index is 0.0775. The molecule has 124 valence electrons. The van der Waals surface area contributed by atoms with E-state index in [1.54, 1.807) is 7.05 Å². The van der Waals surface area contributed by atoms with Gasteiger partial charge in [0.2, 0.25) is 0 Å². The Hall–Kier alpha value is -2.04. The van der Waals surface area contributed by atoms with Gasteiger partial charge >= 0.3 is 0 Å². The van der Waals surface area contributed by atoms with Gasteiger partial charge in [-0.2, -0.15) is 0 Å². The molecule has 5 nitrogen and oxygen atoms in total. The van der Waals surface area contributed by atoms with Crippen LogP contribution in [0.4, 0.5) is 0 Å². The van der Waals surface area contributed by atoms with Gasteiger partial charge in [-0.1, -0.05) is 33.8 Å². The third-order valence-electron chi connectivity index (χ3n) is 4.89. The summed E-state index contributed by atoms with van der Waals surface area (Å²) in [5.74, 6) is 1.46. The Morgan fingerprint density at radius 1 is 1.39 bits per heavy atom. The van der Waals surface area contributed by atoms with E-state index in [1.165, 1.54) is 10.5 Å². The smallest absolute Gasteiger partial charge is 0.262 e. The first-order valence-electron chi connectivity index (χ1n) is 8.09. The summed E-state index contributed by atoms with van der Waals surface area (Å²) < 4.78 is 5.92. The standard InChI is InChI=1S/C18H25N3O2/c1-11(2)8-12-6-7-14-13(9-12)18(17(3,4)10-23-14)15(22)21(5)16(19)20-18/h6-7,9,11H,8,10H2,1-5H3,(H2,19,20). The number of carbonyl (C=O) groups is 1. The Kier molecular flexibility index (Phi) is 3.43. The SMILES string of the molecule is CC(C)Cc1ccc2c(c1)C1(N=C(N)N(C)C1=O)C(C)(C)CO2. The summed E-state index contributed by atoms with van der Waals surface area (Å²) in [6.07, 6.45) is 0.951. The molecule has 0 saturated heterocycles. The maximum Gasteiger partial charge on any atom is 0.262 e. The molecular formula is C18H25N3O2. The van der Waals surface area contributed by atoms with Gasteiger partial charge in [0, 0.05) is 18.0 Å². The zero-order valence-electron chi connectivity index (χ0n) is 14.5. The van der Waals surface area contributed by atoms with Crippen molar-refractivity contribution in [2.75, 3.05) is 13.7 Å². The van der Waals surface area contributed by atoms with Crippen LogP contribution < -0.4 is 10.5 Å². The number of guanidine groups is 1. The second-order valence-electron chi connectivity index (χ2n) is 7.65. The van der Waals surface area contributed by atoms with E-state index < -0.39 is 11.0 Å². The molecule has 0 bridgehead atoms. The van der Waals surface area contributed by atoms with E-state index in [2.05, 4.69) is 31.0 Å². The van der Waals surface area contributed by atoms with Crippen molar-refractivity contribution in [2.45, 2.75) is 39.7 Å². The Balaban J connectivity index is 2.22. The van der Waals surface area contributed by atoms with Crippen molar-refractivity contribution in [1.29, 1.82) is 0 Å². The molecule has 1 atom stereocenters. The third-order valence-corrected chi connectivity index (χ3v) is 4.89. The van der Waals surface area contributed by atoms with Gasteiger partial charge in [0.15, 0.2) is 11.5 Å². The zero-order valence-corrected chi connectivity index (χ0v) is 14.5. The Morgan fingerprint density at radius 2 is 2.09 bits per heavy atom. The van der Waals surface area contributed by atoms with Gasteiger partial charge in [-0.05, 0) is 30.0 Å². The van der Waals surface area contributed by atoms with Crippen LogP contribution in [0, 0.1) is 11.3 Å². The summed E-state index contributed by atoms with van der Waals surface area (Å²) in [5.41, 5.74) is 6.55. The van der Waals surface area contributed by atoms with E-state index in [1.807, 2.05) is 19.9 Å². The zero-order chi connectivity index (χ0) is 17.0. The number of nitrogens with two attached hydrogens (primary N) is 1. The number of amides is 1. The first-order valence-corrected chi connectivity index (χ1v) is 8.09. The third kappa shape index (κ3) is 2.13. The predicted octanol–water partition coefficient (Wildman–Crippen LogP) is 2.29. The monoisotopic (exact) mass is 315 g/mol. The van der Waals surface area contributed by atoms with Crippen molar-refractivity contribution < 1.29 is 9.53 Å². The molecule has 2 N–H and O–H groups in total. The second kappa shape index (κ2) is 4.98. The number of carbonyl (C=O) groups excluding carboxylic acids is 1. The highest BCUT2D eigenvalue weighted by Crippen LogP contribution is 2.53. The molecular weight excluding hydrogens is 290 g/mol. The summed E-state index contributed by atoms with van der Waals surface area (Å²) in [6.45, 7) is 8.82. The molecule has 1 amide bonds. The normalized spacial score (nSPS) is 25.6. The number of fused-ring (bicyclic) bond motifs is 2. The van der Waals surface area contributed by atoms with E-state index in [0.29, 0.717) is 12.5 Å². The molecule has 0 saturated carbocycles. The Bertz CT molecular complexity index is 694. The van der Waals surface area contributed by atoms with Gasteiger partial charge in [0.1, 0.15) is 5.75 Å². The average Bonchev–Trinajstić information content (AvgIpc) is 2.69. The van der Waals surface area contributed by atoms with E-state index in [9.17, 15) is 4.79 Å². The summed E-state index contributed by atoms with van der Waals surface area (Å²) in [5, 5.41) is 0. The van der Waals surface area contributed by atoms with Crippen LogP contribution >= 0.6 is 0 Å². The summed E-state index contributed by atoms with van der Waals surface area (Å²) in [4.78, 5) is 19.2. The maximum atomic E-state index is 13.1. The summed E-state index contributed by atoms with van der Waals surface area (Å²) >= 11 is 0. The van der Waals surface area contributed by atoms with Gasteiger partial charge in [0.25, 0.3) is 5.91 Å². The van der Waals surface area contributed by atoms with Gasteiger partial charge in [0.05, 0.1) is 6.61 Å². The van der Waals surface area contributed by atoms with Crippen LogP contribution in [0.5, 0.6) is 5.75 Å². The van der Waals surface area contributed by atoms with E-state index in [4.69, 9.17) is 10.5 Å². The van der Waals surface area contributed by atoms with Gasteiger partial charge in [-0.15, -0.1) is 0 Å². The highest BCUT2D eigenvalue weighted by atomic mass is 16.5. The number of hydrogen-bond acceptors (Lipinski definition) is 4. The van der Waals surface area contributed by atoms with Crippen LogP contribution in [0.3, 0.4) is 0 Å². The van der Waals surface area contributed by atoms with Crippen molar-refractivity contribution in [3.63, 3.8) is 0 Å². The van der Waals surface area contributed by atoms with Crippen LogP contribution in [0.2, 0.25) is 0 Å². The minimum Gasteiger partial charge on any atom is -0.493 e. The molecule has 3 rings (SSSR count). The molecule has 2 heterocycles. The number of aliphatic imine (C=N–C) groups is 1. The van der Waals surface area contributed by atoms with E-state index >= 15 is 0 Å². The topological polar surface area (TPSA) is 67.9 Å². The van der Waals surface area contributed by atoms with Crippen LogP contribution in [0.1, 0.15) is 38.8 Å². The molecule has 0 fully saturated rings. The lowest BCUT2D eigenvalue weighted by atomic mass is 9.66. The molecule has 2 aliphatic heterocycles. The molecule has 5 heteroatoms. The van der Waals surface area contributed by atoms with Crippen LogP contribution in [-0.4, -0.2) is 30.4 Å². The van der Waals surface area contributed by atoms with Gasteiger partial charge in [-0.3, -0.25) is 9.69 Å². The van der Waals surface area contributed by atoms with Crippen molar-refractivity contribution in [3.05, 3.63) is 29.3 Å². The molecule has 1 aromatic carbocycles. The number of hydrogen-bond donors (Lipinski definition) is 1. The number of likely N-dealkylation sites (N-methyl/N-ethyl adjacent to an activating group) is 1. The molecule has 1 spiro atoms. The largest absolute Gasteiger partial charge is 0.493 e. The predicted molar refractivity (Wildman–Crippen MR) is 90.3 cm³/mol. The Morgan fingerprint density at radius 3 is 2.65 bits per heavy atom. The van der Waals surface area contributed by atoms with Crippen molar-refractivity contribution in [2.24, 2.45) is 22.1 Å². The van der Waals surface area contributed by atoms with Crippen LogP contribution in [-0.2, 0) is 16.8 Å². The lowest BCUT2D eigenvalue weighted by Gasteiger charge is -2.44. The van der Waals surface area contributed by atoms with Gasteiger partial charge < -0.3 is 10.5 Å². The number of ether oxygens (including phenoxy) is 1. The van der Waals surface area contributed by atoms with E-state index in [0.717, 1.165) is 17.7 Å². The first kappa shape index (κ1) is 15.8. The van der Waals surface area contributed by atoms with Crippen LogP contribution in [0.25, 0.3) is 0 Å². The number of nitrogens with zero attached hydrogens (tertiary/aromatic N) is 2. The quantitative estimate of drug-likeness (QED) is 0.910. The average molecular weight is 315 g/mol. The molecule has 2 aliphatic rings. The fraction of sp³-hybridized carbons (Fsp3) is 0.556. The Labute approximate surface area is 137 Å². The minimum atomic E-state index is -0.994. The lowest BCUT2D eigenvalue weighted by molar-refractivity contribution is -0.137. The molecule has 0 radical (unpaired) electrons. The molecule has 23 heavy (non-hydrogen) atoms. The van der Waals surface area contributed by atoms with Crippen LogP contribution in [0.15, 0.2) is 23.2 Å².